The molecule has 0 spiro atoms. The van der Waals surface area contributed by atoms with E-state index in [1.807, 2.05) is 6.20 Å². The Hall–Kier alpha value is -2.67. The summed E-state index contributed by atoms with van der Waals surface area (Å²) in [7, 11) is 0. The average Bonchev–Trinajstić information content (AvgIpc) is 3.14. The third-order valence-corrected chi connectivity index (χ3v) is 6.21. The Morgan fingerprint density at radius 2 is 1.64 bits per heavy atom. The van der Waals surface area contributed by atoms with E-state index in [1.54, 1.807) is 5.56 Å². The van der Waals surface area contributed by atoms with Crippen LogP contribution in [0.4, 0.5) is 0 Å². The summed E-state index contributed by atoms with van der Waals surface area (Å²) >= 11 is 0. The van der Waals surface area contributed by atoms with E-state index in [0.717, 1.165) is 5.69 Å². The number of hydrogen-bond donors (Lipinski definition) is 0. The van der Waals surface area contributed by atoms with Crippen LogP contribution in [0.1, 0.15) is 49.4 Å². The minimum Gasteiger partial charge on any atom is -0.256 e. The predicted octanol–water partition coefficient (Wildman–Crippen LogP) is 7.15. The van der Waals surface area contributed by atoms with Gasteiger partial charge >= 0.3 is 0 Å². The molecule has 1 heterocycles. The molecule has 0 aliphatic heterocycles. The first-order valence-corrected chi connectivity index (χ1v) is 10.4. The molecule has 1 aromatic heterocycles. The van der Waals surface area contributed by atoms with Crippen LogP contribution in [0.2, 0.25) is 0 Å². The molecule has 1 aliphatic carbocycles. The first-order valence-electron chi connectivity index (χ1n) is 10.4. The third-order valence-electron chi connectivity index (χ3n) is 6.21. The lowest BCUT2D eigenvalue weighted by Crippen LogP contribution is -2.14. The summed E-state index contributed by atoms with van der Waals surface area (Å²) in [6, 6.07) is 18.2. The fourth-order valence-corrected chi connectivity index (χ4v) is 4.86. The smallest absolute Gasteiger partial charge is 0.0780 e. The summed E-state index contributed by atoms with van der Waals surface area (Å²) in [4.78, 5) is 4.85. The van der Waals surface area contributed by atoms with E-state index in [-0.39, 0.29) is 5.41 Å². The Morgan fingerprint density at radius 3 is 2.46 bits per heavy atom. The predicted molar refractivity (Wildman–Crippen MR) is 120 cm³/mol. The molecule has 1 heteroatoms. The fourth-order valence-electron chi connectivity index (χ4n) is 4.86. The molecule has 4 aromatic rings. The van der Waals surface area contributed by atoms with Gasteiger partial charge in [-0.15, -0.1) is 0 Å². The van der Waals surface area contributed by atoms with Gasteiger partial charge in [0.15, 0.2) is 0 Å². The van der Waals surface area contributed by atoms with Gasteiger partial charge in [0, 0.05) is 17.1 Å². The van der Waals surface area contributed by atoms with Gasteiger partial charge in [0.1, 0.15) is 0 Å². The normalized spacial score (nSPS) is 14.0. The summed E-state index contributed by atoms with van der Waals surface area (Å²) < 4.78 is 0. The monoisotopic (exact) mass is 365 g/mol. The molecule has 0 fully saturated rings. The highest BCUT2D eigenvalue weighted by atomic mass is 14.7. The zero-order chi connectivity index (χ0) is 19.5. The summed E-state index contributed by atoms with van der Waals surface area (Å²) in [5.41, 5.74) is 8.43. The molecule has 28 heavy (non-hydrogen) atoms. The highest BCUT2D eigenvalue weighted by Crippen LogP contribution is 2.39. The van der Waals surface area contributed by atoms with Crippen LogP contribution in [0.5, 0.6) is 0 Å². The quantitative estimate of drug-likeness (QED) is 0.326. The van der Waals surface area contributed by atoms with Crippen LogP contribution in [0, 0.1) is 6.92 Å². The largest absolute Gasteiger partial charge is 0.256 e. The minimum atomic E-state index is 0.152. The van der Waals surface area contributed by atoms with Crippen LogP contribution in [0.15, 0.2) is 54.7 Å². The topological polar surface area (TPSA) is 12.9 Å². The van der Waals surface area contributed by atoms with Crippen LogP contribution in [-0.4, -0.2) is 4.98 Å². The highest BCUT2D eigenvalue weighted by molar-refractivity contribution is 6.11. The summed E-state index contributed by atoms with van der Waals surface area (Å²) in [5.74, 6) is 0. The number of aromatic nitrogens is 1. The number of aryl methyl sites for hydroxylation is 2. The molecule has 0 N–H and O–H groups in total. The van der Waals surface area contributed by atoms with Crippen LogP contribution < -0.4 is 0 Å². The maximum atomic E-state index is 4.85. The van der Waals surface area contributed by atoms with Crippen molar-refractivity contribution in [2.24, 2.45) is 0 Å². The summed E-state index contributed by atoms with van der Waals surface area (Å²) in [5, 5.41) is 5.15. The maximum Gasteiger partial charge on any atom is 0.0780 e. The lowest BCUT2D eigenvalue weighted by Gasteiger charge is -2.24. The van der Waals surface area contributed by atoms with Crippen molar-refractivity contribution in [3.05, 3.63) is 77.0 Å². The van der Waals surface area contributed by atoms with Crippen LogP contribution >= 0.6 is 0 Å². The van der Waals surface area contributed by atoms with Gasteiger partial charge in [0.05, 0.1) is 5.69 Å². The van der Waals surface area contributed by atoms with Crippen molar-refractivity contribution in [1.82, 2.24) is 4.98 Å². The van der Waals surface area contributed by atoms with Gasteiger partial charge in [-0.3, -0.25) is 4.98 Å². The first kappa shape index (κ1) is 17.4. The molecule has 3 aromatic carbocycles. The number of hydrogen-bond acceptors (Lipinski definition) is 1. The van der Waals surface area contributed by atoms with Gasteiger partial charge < -0.3 is 0 Å². The van der Waals surface area contributed by atoms with Crippen molar-refractivity contribution in [2.75, 3.05) is 0 Å². The molecule has 0 radical (unpaired) electrons. The van der Waals surface area contributed by atoms with Crippen LogP contribution in [0.25, 0.3) is 32.8 Å². The molecular formula is C27H27N. The Balaban J connectivity index is 1.80. The number of pyridine rings is 1. The van der Waals surface area contributed by atoms with E-state index < -0.39 is 0 Å². The Labute approximate surface area is 167 Å². The van der Waals surface area contributed by atoms with Crippen LogP contribution in [-0.2, 0) is 18.3 Å². The molecule has 140 valence electrons. The summed E-state index contributed by atoms with van der Waals surface area (Å²) in [6.45, 7) is 9.14. The van der Waals surface area contributed by atoms with Crippen molar-refractivity contribution in [3.63, 3.8) is 0 Å². The molecule has 0 saturated carbocycles. The van der Waals surface area contributed by atoms with Gasteiger partial charge in [0.25, 0.3) is 0 Å². The van der Waals surface area contributed by atoms with Crippen molar-refractivity contribution >= 4 is 21.5 Å². The maximum absolute atomic E-state index is 4.85. The minimum absolute atomic E-state index is 0.152. The SMILES string of the molecule is Cc1ccc2c(ccc3c(-c4cc5c(c(C(C)(C)C)c4)CCC5)nccc32)c1. The van der Waals surface area contributed by atoms with Crippen molar-refractivity contribution < 1.29 is 0 Å². The molecule has 1 nitrogen and oxygen atoms in total. The Bertz CT molecular complexity index is 1220. The first-order chi connectivity index (χ1) is 13.4. The van der Waals surface area contributed by atoms with E-state index in [0.29, 0.717) is 0 Å². The molecule has 0 bridgehead atoms. The second-order valence-corrected chi connectivity index (χ2v) is 9.31. The number of fused-ring (bicyclic) bond motifs is 4. The number of benzene rings is 3. The van der Waals surface area contributed by atoms with Crippen molar-refractivity contribution in [1.29, 1.82) is 0 Å². The average molecular weight is 366 g/mol. The number of rotatable bonds is 1. The highest BCUT2D eigenvalue weighted by Gasteiger charge is 2.24. The lowest BCUT2D eigenvalue weighted by atomic mass is 9.81. The third kappa shape index (κ3) is 2.73. The zero-order valence-electron chi connectivity index (χ0n) is 17.3. The lowest BCUT2D eigenvalue weighted by molar-refractivity contribution is 0.584. The van der Waals surface area contributed by atoms with E-state index in [2.05, 4.69) is 76.2 Å². The molecule has 0 saturated heterocycles. The van der Waals surface area contributed by atoms with Crippen molar-refractivity contribution in [2.45, 2.75) is 52.4 Å². The Kier molecular flexibility index (Phi) is 3.84. The zero-order valence-corrected chi connectivity index (χ0v) is 17.3. The van der Waals surface area contributed by atoms with Gasteiger partial charge in [-0.05, 0) is 82.6 Å². The molecule has 5 rings (SSSR count). The molecule has 0 unspecified atom stereocenters. The molecule has 0 amide bonds. The second kappa shape index (κ2) is 6.17. The van der Waals surface area contributed by atoms with Gasteiger partial charge in [-0.25, -0.2) is 0 Å². The fraction of sp³-hybridized carbons (Fsp3) is 0.296. The number of nitrogens with zero attached hydrogens (tertiary/aromatic N) is 1. The molecular weight excluding hydrogens is 338 g/mol. The second-order valence-electron chi connectivity index (χ2n) is 9.31. The van der Waals surface area contributed by atoms with Gasteiger partial charge in [-0.2, -0.15) is 0 Å². The molecule has 1 aliphatic rings. The van der Waals surface area contributed by atoms with E-state index in [9.17, 15) is 0 Å². The van der Waals surface area contributed by atoms with E-state index in [1.165, 1.54) is 63.1 Å². The van der Waals surface area contributed by atoms with Gasteiger partial charge in [-0.1, -0.05) is 56.7 Å². The standard InChI is InChI=1S/C27H27N/c1-17-8-10-21-19(14-17)9-11-24-23(21)12-13-28-26(24)20-15-18-6-5-7-22(18)25(16-20)27(2,3)4/h8-16H,5-7H2,1-4H3. The Morgan fingerprint density at radius 1 is 0.821 bits per heavy atom. The molecule has 0 atom stereocenters. The van der Waals surface area contributed by atoms with E-state index >= 15 is 0 Å². The summed E-state index contributed by atoms with van der Waals surface area (Å²) in [6.07, 6.45) is 5.66. The van der Waals surface area contributed by atoms with E-state index in [4.69, 9.17) is 4.98 Å². The van der Waals surface area contributed by atoms with Crippen molar-refractivity contribution in [3.8, 4) is 11.3 Å². The van der Waals surface area contributed by atoms with Crippen LogP contribution in [0.3, 0.4) is 0 Å². The van der Waals surface area contributed by atoms with Gasteiger partial charge in [0.2, 0.25) is 0 Å².